The van der Waals surface area contributed by atoms with Crippen molar-refractivity contribution in [3.63, 3.8) is 0 Å². The number of nitrogens with one attached hydrogen (secondary N) is 1. The van der Waals surface area contributed by atoms with Crippen LogP contribution in [-0.4, -0.2) is 65.8 Å². The predicted molar refractivity (Wildman–Crippen MR) is 127 cm³/mol. The zero-order valence-corrected chi connectivity index (χ0v) is 20.5. The standard InChI is InChI=1S/C22H22ClN5O4S2/c23-15-3-4-17-14(10-15)11-20(25-17)34(30,31)27-7-8-28(16(12-27)2-1-6-24)22(29)21-26-18-5-9-32-13-19(18)33-21/h3-4,10-11,16,25H,1-2,5,7-9,12-13H2. The molecule has 0 radical (unpaired) electrons. The molecular formula is C22H22ClN5O4S2. The van der Waals surface area contributed by atoms with Crippen molar-refractivity contribution in [3.8, 4) is 6.07 Å². The number of benzene rings is 1. The van der Waals surface area contributed by atoms with Gasteiger partial charge in [0.15, 0.2) is 5.01 Å². The summed E-state index contributed by atoms with van der Waals surface area (Å²) in [5, 5.41) is 10.8. The lowest BCUT2D eigenvalue weighted by Crippen LogP contribution is -2.56. The fourth-order valence-electron chi connectivity index (χ4n) is 4.39. The van der Waals surface area contributed by atoms with Crippen molar-refractivity contribution >= 4 is 49.8 Å². The SMILES string of the molecule is N#CCCC1CN(S(=O)(=O)c2cc3cc(Cl)ccc3[nH]2)CCN1C(=O)c1nc2c(s1)COCC2. The maximum atomic E-state index is 13.4. The molecule has 1 amide bonds. The molecular weight excluding hydrogens is 498 g/mol. The molecule has 2 aliphatic rings. The average Bonchev–Trinajstić information content (AvgIpc) is 3.46. The fourth-order valence-corrected chi connectivity index (χ4v) is 7.05. The molecule has 1 atom stereocenters. The number of aromatic nitrogens is 2. The first-order valence-electron chi connectivity index (χ1n) is 10.9. The number of carbonyl (C=O) groups is 1. The lowest BCUT2D eigenvalue weighted by atomic mass is 10.1. The Balaban J connectivity index is 1.39. The van der Waals surface area contributed by atoms with Crippen molar-refractivity contribution in [1.82, 2.24) is 19.2 Å². The van der Waals surface area contributed by atoms with E-state index in [1.54, 1.807) is 29.2 Å². The zero-order chi connectivity index (χ0) is 23.9. The van der Waals surface area contributed by atoms with E-state index in [0.717, 1.165) is 10.6 Å². The molecule has 0 bridgehead atoms. The summed E-state index contributed by atoms with van der Waals surface area (Å²) in [6.45, 7) is 1.54. The van der Waals surface area contributed by atoms with Gasteiger partial charge in [-0.05, 0) is 30.7 Å². The highest BCUT2D eigenvalue weighted by molar-refractivity contribution is 7.89. The van der Waals surface area contributed by atoms with E-state index < -0.39 is 16.1 Å². The van der Waals surface area contributed by atoms with Gasteiger partial charge >= 0.3 is 0 Å². The molecule has 1 fully saturated rings. The van der Waals surface area contributed by atoms with Gasteiger partial charge in [0.2, 0.25) is 0 Å². The number of ether oxygens (including phenoxy) is 1. The third-order valence-electron chi connectivity index (χ3n) is 6.15. The van der Waals surface area contributed by atoms with E-state index in [1.807, 2.05) is 0 Å². The Morgan fingerprint density at radius 3 is 3.00 bits per heavy atom. The largest absolute Gasteiger partial charge is 0.375 e. The van der Waals surface area contributed by atoms with Gasteiger partial charge in [-0.3, -0.25) is 4.79 Å². The van der Waals surface area contributed by atoms with Crippen LogP contribution in [0, 0.1) is 11.3 Å². The van der Waals surface area contributed by atoms with E-state index in [1.165, 1.54) is 15.6 Å². The van der Waals surface area contributed by atoms with Gasteiger partial charge in [-0.15, -0.1) is 11.3 Å². The molecule has 1 aromatic carbocycles. The molecule has 9 nitrogen and oxygen atoms in total. The Labute approximate surface area is 205 Å². The molecule has 1 saturated heterocycles. The molecule has 34 heavy (non-hydrogen) atoms. The quantitative estimate of drug-likeness (QED) is 0.553. The first-order valence-corrected chi connectivity index (χ1v) is 13.5. The maximum absolute atomic E-state index is 13.4. The van der Waals surface area contributed by atoms with Crippen LogP contribution in [-0.2, 0) is 27.8 Å². The van der Waals surface area contributed by atoms with Crippen molar-refractivity contribution in [2.24, 2.45) is 0 Å². The highest BCUT2D eigenvalue weighted by Crippen LogP contribution is 2.29. The summed E-state index contributed by atoms with van der Waals surface area (Å²) >= 11 is 7.37. The molecule has 178 valence electrons. The molecule has 3 aromatic rings. The Hall–Kier alpha value is -2.49. The number of piperazine rings is 1. The van der Waals surface area contributed by atoms with Crippen molar-refractivity contribution in [2.45, 2.75) is 36.9 Å². The normalized spacial score (nSPS) is 19.2. The molecule has 12 heteroatoms. The number of hydrogen-bond donors (Lipinski definition) is 1. The molecule has 2 aromatic heterocycles. The minimum absolute atomic E-state index is 0.0798. The van der Waals surface area contributed by atoms with E-state index in [-0.39, 0.29) is 37.0 Å². The summed E-state index contributed by atoms with van der Waals surface area (Å²) in [4.78, 5) is 23.4. The van der Waals surface area contributed by atoms with Crippen LogP contribution in [0.25, 0.3) is 10.9 Å². The lowest BCUT2D eigenvalue weighted by molar-refractivity contribution is 0.0552. The number of nitriles is 1. The smallest absolute Gasteiger partial charge is 0.283 e. The van der Waals surface area contributed by atoms with Gasteiger partial charge in [0.1, 0.15) is 5.03 Å². The van der Waals surface area contributed by atoms with Gasteiger partial charge in [-0.2, -0.15) is 9.57 Å². The van der Waals surface area contributed by atoms with Gasteiger partial charge in [0.05, 0.1) is 29.9 Å². The van der Waals surface area contributed by atoms with Crippen LogP contribution < -0.4 is 0 Å². The molecule has 1 N–H and O–H groups in total. The second-order valence-corrected chi connectivity index (χ2v) is 11.7. The number of halogens is 1. The number of hydrogen-bond acceptors (Lipinski definition) is 7. The molecule has 2 aliphatic heterocycles. The van der Waals surface area contributed by atoms with Crippen molar-refractivity contribution in [2.75, 3.05) is 26.2 Å². The Bertz CT molecular complexity index is 1370. The monoisotopic (exact) mass is 519 g/mol. The van der Waals surface area contributed by atoms with Crippen LogP contribution in [0.15, 0.2) is 29.3 Å². The van der Waals surface area contributed by atoms with Gasteiger partial charge in [0, 0.05) is 54.4 Å². The summed E-state index contributed by atoms with van der Waals surface area (Å²) < 4.78 is 33.7. The van der Waals surface area contributed by atoms with Crippen LogP contribution in [0.2, 0.25) is 5.02 Å². The number of nitrogens with zero attached hydrogens (tertiary/aromatic N) is 4. The number of H-pyrrole nitrogens is 1. The molecule has 0 saturated carbocycles. The maximum Gasteiger partial charge on any atom is 0.283 e. The minimum Gasteiger partial charge on any atom is -0.375 e. The summed E-state index contributed by atoms with van der Waals surface area (Å²) in [6, 6.07) is 8.39. The number of fused-ring (bicyclic) bond motifs is 2. The van der Waals surface area contributed by atoms with Crippen LogP contribution >= 0.6 is 22.9 Å². The van der Waals surface area contributed by atoms with Crippen molar-refractivity contribution in [3.05, 3.63) is 44.9 Å². The Morgan fingerprint density at radius 2 is 2.21 bits per heavy atom. The first-order chi connectivity index (χ1) is 16.4. The molecule has 4 heterocycles. The van der Waals surface area contributed by atoms with Gasteiger partial charge in [-0.25, -0.2) is 13.4 Å². The number of sulfonamides is 1. The Kier molecular flexibility index (Phi) is 6.35. The third-order valence-corrected chi connectivity index (χ3v) is 9.23. The first kappa shape index (κ1) is 23.3. The van der Waals surface area contributed by atoms with Gasteiger partial charge in [0.25, 0.3) is 15.9 Å². The van der Waals surface area contributed by atoms with E-state index >= 15 is 0 Å². The molecule has 0 aliphatic carbocycles. The highest BCUT2D eigenvalue weighted by atomic mass is 35.5. The molecule has 0 spiro atoms. The van der Waals surface area contributed by atoms with E-state index in [9.17, 15) is 13.2 Å². The topological polar surface area (TPSA) is 119 Å². The number of amides is 1. The van der Waals surface area contributed by atoms with Gasteiger partial charge < -0.3 is 14.6 Å². The van der Waals surface area contributed by atoms with Crippen molar-refractivity contribution < 1.29 is 17.9 Å². The van der Waals surface area contributed by atoms with E-state index in [0.29, 0.717) is 47.0 Å². The number of thiazole rings is 1. The molecule has 1 unspecified atom stereocenters. The van der Waals surface area contributed by atoms with Crippen LogP contribution in [0.5, 0.6) is 0 Å². The molecule has 5 rings (SSSR count). The second-order valence-electron chi connectivity index (χ2n) is 8.27. The van der Waals surface area contributed by atoms with E-state index in [2.05, 4.69) is 16.0 Å². The number of aromatic amines is 1. The van der Waals surface area contributed by atoms with Crippen LogP contribution in [0.4, 0.5) is 0 Å². The summed E-state index contributed by atoms with van der Waals surface area (Å²) in [5.41, 5.74) is 1.57. The Morgan fingerprint density at radius 1 is 1.35 bits per heavy atom. The second kappa shape index (κ2) is 9.28. The van der Waals surface area contributed by atoms with Crippen molar-refractivity contribution in [1.29, 1.82) is 5.26 Å². The van der Waals surface area contributed by atoms with E-state index in [4.69, 9.17) is 21.6 Å². The van der Waals surface area contributed by atoms with Crippen LogP contribution in [0.3, 0.4) is 0 Å². The summed E-state index contributed by atoms with van der Waals surface area (Å²) in [6.07, 6.45) is 1.28. The van der Waals surface area contributed by atoms with Crippen LogP contribution in [0.1, 0.15) is 33.2 Å². The highest BCUT2D eigenvalue weighted by Gasteiger charge is 2.38. The fraction of sp³-hybridized carbons (Fsp3) is 0.409. The average molecular weight is 520 g/mol. The number of carbonyl (C=O) groups excluding carboxylic acids is 1. The number of rotatable bonds is 5. The predicted octanol–water partition coefficient (Wildman–Crippen LogP) is 3.17. The third kappa shape index (κ3) is 4.32. The minimum atomic E-state index is -3.83. The summed E-state index contributed by atoms with van der Waals surface area (Å²) in [5.74, 6) is -0.223. The van der Waals surface area contributed by atoms with Gasteiger partial charge in [-0.1, -0.05) is 11.6 Å². The summed E-state index contributed by atoms with van der Waals surface area (Å²) in [7, 11) is -3.83. The zero-order valence-electron chi connectivity index (χ0n) is 18.2. The lowest BCUT2D eigenvalue weighted by Gasteiger charge is -2.40.